The largest absolute Gasteiger partial charge is 0.493 e. The monoisotopic (exact) mass is 369 g/mol. The van der Waals surface area contributed by atoms with Gasteiger partial charge in [0.15, 0.2) is 18.1 Å². The highest BCUT2D eigenvalue weighted by Crippen LogP contribution is 2.27. The maximum absolute atomic E-state index is 10.9. The van der Waals surface area contributed by atoms with E-state index in [-0.39, 0.29) is 6.61 Å². The molecule has 2 aromatic heterocycles. The lowest BCUT2D eigenvalue weighted by Gasteiger charge is -2.09. The number of aromatic nitrogens is 5. The zero-order valence-corrected chi connectivity index (χ0v) is 15.2. The highest BCUT2D eigenvalue weighted by molar-refractivity contribution is 5.81. The smallest absolute Gasteiger partial charge is 0.273 e. The number of hydrogen-bond acceptors (Lipinski definition) is 7. The molecule has 0 fully saturated rings. The molecule has 0 atom stereocenters. The minimum atomic E-state index is -0.563. The molecule has 10 nitrogen and oxygen atoms in total. The maximum Gasteiger partial charge on any atom is 0.273 e. The van der Waals surface area contributed by atoms with E-state index in [1.807, 2.05) is 19.9 Å². The number of methoxy groups -OCH3 is 1. The Morgan fingerprint density at radius 3 is 2.78 bits per heavy atom. The average Bonchev–Trinajstić information content (AvgIpc) is 3.23. The fraction of sp³-hybridized carbons (Fsp3) is 0.235. The lowest BCUT2D eigenvalue weighted by molar-refractivity contribution is -0.119. The van der Waals surface area contributed by atoms with Gasteiger partial charge in [0.05, 0.1) is 19.0 Å². The van der Waals surface area contributed by atoms with Crippen LogP contribution in [-0.4, -0.2) is 50.5 Å². The summed E-state index contributed by atoms with van der Waals surface area (Å²) in [4.78, 5) is 10.9. The van der Waals surface area contributed by atoms with Crippen LogP contribution in [-0.2, 0) is 4.79 Å². The van der Waals surface area contributed by atoms with Gasteiger partial charge in [-0.25, -0.2) is 4.68 Å². The van der Waals surface area contributed by atoms with Gasteiger partial charge in [0.2, 0.25) is 0 Å². The van der Waals surface area contributed by atoms with Crippen LogP contribution in [0.4, 0.5) is 0 Å². The Balaban J connectivity index is 1.84. The van der Waals surface area contributed by atoms with Gasteiger partial charge < -0.3 is 15.2 Å². The van der Waals surface area contributed by atoms with Crippen molar-refractivity contribution in [2.75, 3.05) is 13.7 Å². The van der Waals surface area contributed by atoms with Crippen molar-refractivity contribution in [2.24, 2.45) is 10.8 Å². The minimum Gasteiger partial charge on any atom is -0.493 e. The van der Waals surface area contributed by atoms with Crippen molar-refractivity contribution < 1.29 is 14.3 Å². The van der Waals surface area contributed by atoms with E-state index in [2.05, 4.69) is 20.4 Å². The molecule has 0 spiro atoms. The van der Waals surface area contributed by atoms with Crippen LogP contribution in [0.25, 0.3) is 5.95 Å². The molecule has 3 rings (SSSR count). The van der Waals surface area contributed by atoms with Crippen molar-refractivity contribution >= 4 is 12.1 Å². The molecule has 0 aliphatic heterocycles. The first-order valence-electron chi connectivity index (χ1n) is 8.05. The van der Waals surface area contributed by atoms with E-state index in [4.69, 9.17) is 15.2 Å². The van der Waals surface area contributed by atoms with Crippen LogP contribution in [0.5, 0.6) is 11.5 Å². The zero-order chi connectivity index (χ0) is 19.4. The quantitative estimate of drug-likeness (QED) is 0.616. The summed E-state index contributed by atoms with van der Waals surface area (Å²) in [5, 5.41) is 16.7. The molecule has 3 aromatic rings. The lowest BCUT2D eigenvalue weighted by Crippen LogP contribution is -2.20. The van der Waals surface area contributed by atoms with E-state index in [1.165, 1.54) is 18.1 Å². The molecule has 10 heteroatoms. The molecule has 0 saturated carbocycles. The highest BCUT2D eigenvalue weighted by Gasteiger charge is 2.11. The number of carbonyl (C=O) groups excluding carboxylic acids is 1. The molecule has 0 aliphatic carbocycles. The number of nitrogens with two attached hydrogens (primary N) is 1. The van der Waals surface area contributed by atoms with Crippen LogP contribution in [0.2, 0.25) is 0 Å². The number of ether oxygens (including phenoxy) is 2. The normalized spacial score (nSPS) is 11.1. The SMILES string of the molecule is COc1cc(/C=N\n2cnnc2-n2nc(C)cc2C)ccc1OCC(N)=O. The van der Waals surface area contributed by atoms with Crippen molar-refractivity contribution in [3.63, 3.8) is 0 Å². The first kappa shape index (κ1) is 18.1. The van der Waals surface area contributed by atoms with Gasteiger partial charge in [-0.3, -0.25) is 4.79 Å². The molecule has 0 saturated heterocycles. The molecule has 1 aromatic carbocycles. The number of benzene rings is 1. The third-order valence-corrected chi connectivity index (χ3v) is 3.60. The van der Waals surface area contributed by atoms with E-state index in [1.54, 1.807) is 29.1 Å². The number of primary amides is 1. The Morgan fingerprint density at radius 2 is 2.11 bits per heavy atom. The second-order valence-corrected chi connectivity index (χ2v) is 5.72. The minimum absolute atomic E-state index is 0.226. The first-order chi connectivity index (χ1) is 13.0. The third kappa shape index (κ3) is 4.11. The number of rotatable bonds is 7. The van der Waals surface area contributed by atoms with Gasteiger partial charge in [-0.2, -0.15) is 14.9 Å². The van der Waals surface area contributed by atoms with Gasteiger partial charge in [-0.05, 0) is 43.7 Å². The van der Waals surface area contributed by atoms with Crippen molar-refractivity contribution in [1.29, 1.82) is 0 Å². The predicted octanol–water partition coefficient (Wildman–Crippen LogP) is 0.836. The summed E-state index contributed by atoms with van der Waals surface area (Å²) in [5.74, 6) is 0.793. The summed E-state index contributed by atoms with van der Waals surface area (Å²) in [6.07, 6.45) is 3.11. The fourth-order valence-corrected chi connectivity index (χ4v) is 2.44. The summed E-state index contributed by atoms with van der Waals surface area (Å²) < 4.78 is 13.8. The molecule has 0 radical (unpaired) electrons. The van der Waals surface area contributed by atoms with Crippen LogP contribution in [0, 0.1) is 13.8 Å². The molecular weight excluding hydrogens is 350 g/mol. The molecule has 0 unspecified atom stereocenters. The summed E-state index contributed by atoms with van der Waals surface area (Å²) in [5.41, 5.74) is 7.65. The molecule has 1 amide bonds. The Kier molecular flexibility index (Phi) is 5.15. The van der Waals surface area contributed by atoms with E-state index in [0.29, 0.717) is 17.4 Å². The van der Waals surface area contributed by atoms with Gasteiger partial charge >= 0.3 is 0 Å². The van der Waals surface area contributed by atoms with Gasteiger partial charge in [0.1, 0.15) is 6.33 Å². The Morgan fingerprint density at radius 1 is 1.30 bits per heavy atom. The Hall–Kier alpha value is -3.69. The van der Waals surface area contributed by atoms with Crippen LogP contribution < -0.4 is 15.2 Å². The zero-order valence-electron chi connectivity index (χ0n) is 15.2. The second kappa shape index (κ2) is 7.68. The second-order valence-electron chi connectivity index (χ2n) is 5.72. The van der Waals surface area contributed by atoms with Gasteiger partial charge in [-0.1, -0.05) is 0 Å². The number of hydrogen-bond donors (Lipinski definition) is 1. The Bertz CT molecular complexity index is 990. The number of amides is 1. The van der Waals surface area contributed by atoms with Crippen LogP contribution in [0.3, 0.4) is 0 Å². The van der Waals surface area contributed by atoms with Crippen LogP contribution in [0.1, 0.15) is 17.0 Å². The van der Waals surface area contributed by atoms with E-state index < -0.39 is 5.91 Å². The predicted molar refractivity (Wildman–Crippen MR) is 97.3 cm³/mol. The highest BCUT2D eigenvalue weighted by atomic mass is 16.5. The summed E-state index contributed by atoms with van der Waals surface area (Å²) in [6.45, 7) is 3.61. The number of aryl methyl sites for hydroxylation is 2. The lowest BCUT2D eigenvalue weighted by atomic mass is 10.2. The van der Waals surface area contributed by atoms with Gasteiger partial charge in [0.25, 0.3) is 11.9 Å². The maximum atomic E-state index is 10.9. The molecular formula is C17H19N7O3. The molecule has 27 heavy (non-hydrogen) atoms. The van der Waals surface area contributed by atoms with Crippen molar-refractivity contribution in [3.05, 3.63) is 47.5 Å². The van der Waals surface area contributed by atoms with E-state index in [9.17, 15) is 4.79 Å². The Labute approximate surface area is 155 Å². The van der Waals surface area contributed by atoms with E-state index >= 15 is 0 Å². The van der Waals surface area contributed by atoms with Gasteiger partial charge in [0, 0.05) is 5.69 Å². The molecule has 0 aliphatic rings. The standard InChI is InChI=1S/C17H19N7O3/c1-11-6-12(2)24(22-11)17-21-19-10-23(17)20-8-13-4-5-14(15(7-13)26-3)27-9-16(18)25/h4-8,10H,9H2,1-3H3,(H2,18,25)/b20-8-. The molecule has 2 N–H and O–H groups in total. The molecule has 140 valence electrons. The first-order valence-corrected chi connectivity index (χ1v) is 8.05. The topological polar surface area (TPSA) is 122 Å². The van der Waals surface area contributed by atoms with Crippen molar-refractivity contribution in [3.8, 4) is 17.4 Å². The third-order valence-electron chi connectivity index (χ3n) is 3.60. The van der Waals surface area contributed by atoms with Crippen LogP contribution >= 0.6 is 0 Å². The molecule has 2 heterocycles. The van der Waals surface area contributed by atoms with E-state index in [0.717, 1.165) is 17.0 Å². The average molecular weight is 369 g/mol. The van der Waals surface area contributed by atoms with Crippen molar-refractivity contribution in [2.45, 2.75) is 13.8 Å². The number of carbonyl (C=O) groups is 1. The summed E-state index contributed by atoms with van der Waals surface area (Å²) in [6, 6.07) is 7.12. The summed E-state index contributed by atoms with van der Waals surface area (Å²) in [7, 11) is 1.51. The summed E-state index contributed by atoms with van der Waals surface area (Å²) >= 11 is 0. The van der Waals surface area contributed by atoms with Gasteiger partial charge in [-0.15, -0.1) is 10.2 Å². The number of nitrogens with zero attached hydrogens (tertiary/aromatic N) is 6. The van der Waals surface area contributed by atoms with Crippen molar-refractivity contribution in [1.82, 2.24) is 24.7 Å². The van der Waals surface area contributed by atoms with Crippen LogP contribution in [0.15, 0.2) is 35.7 Å². The fourth-order valence-electron chi connectivity index (χ4n) is 2.44. The molecule has 0 bridgehead atoms.